The Labute approximate surface area is 94.2 Å². The summed E-state index contributed by atoms with van der Waals surface area (Å²) in [6, 6.07) is 0. The molecule has 0 aromatic heterocycles. The molecule has 3 nitrogen and oxygen atoms in total. The van der Waals surface area contributed by atoms with Gasteiger partial charge in [-0.1, -0.05) is 6.92 Å². The first kappa shape index (κ1) is 15.7. The lowest BCUT2D eigenvalue weighted by Crippen LogP contribution is -2.29. The van der Waals surface area contributed by atoms with Gasteiger partial charge in [-0.15, -0.1) is 0 Å². The van der Waals surface area contributed by atoms with Crippen LogP contribution >= 0.6 is 0 Å². The van der Waals surface area contributed by atoms with Gasteiger partial charge < -0.3 is 14.7 Å². The number of aliphatic hydroxyl groups is 1. The molecular formula is C10H20F3NO2. The molecule has 0 aliphatic heterocycles. The van der Waals surface area contributed by atoms with E-state index in [1.54, 1.807) is 0 Å². The average molecular weight is 243 g/mol. The maximum atomic E-state index is 11.7. The van der Waals surface area contributed by atoms with Gasteiger partial charge in [-0.05, 0) is 19.4 Å². The van der Waals surface area contributed by atoms with E-state index in [0.717, 1.165) is 13.0 Å². The summed E-state index contributed by atoms with van der Waals surface area (Å²) in [5.74, 6) is 0. The minimum absolute atomic E-state index is 0.0728. The van der Waals surface area contributed by atoms with E-state index < -0.39 is 12.8 Å². The third kappa shape index (κ3) is 10.2. The van der Waals surface area contributed by atoms with E-state index in [0.29, 0.717) is 19.5 Å². The Hall–Kier alpha value is -0.330. The lowest BCUT2D eigenvalue weighted by molar-refractivity contribution is -0.174. The molecule has 0 unspecified atom stereocenters. The normalized spacial score (nSPS) is 12.4. The van der Waals surface area contributed by atoms with E-state index in [-0.39, 0.29) is 13.2 Å². The van der Waals surface area contributed by atoms with Crippen LogP contribution in [-0.4, -0.2) is 55.6 Å². The van der Waals surface area contributed by atoms with Crippen molar-refractivity contribution in [3.63, 3.8) is 0 Å². The molecule has 0 heterocycles. The van der Waals surface area contributed by atoms with Crippen LogP contribution in [0.1, 0.15) is 19.8 Å². The molecule has 0 aromatic carbocycles. The van der Waals surface area contributed by atoms with Crippen LogP contribution in [0.25, 0.3) is 0 Å². The van der Waals surface area contributed by atoms with E-state index in [1.165, 1.54) is 0 Å². The smallest absolute Gasteiger partial charge is 0.395 e. The minimum atomic E-state index is -4.24. The van der Waals surface area contributed by atoms with Crippen LogP contribution in [0.3, 0.4) is 0 Å². The van der Waals surface area contributed by atoms with Crippen LogP contribution < -0.4 is 0 Å². The molecule has 0 aromatic rings. The van der Waals surface area contributed by atoms with Crippen molar-refractivity contribution < 1.29 is 23.0 Å². The molecule has 0 aliphatic carbocycles. The monoisotopic (exact) mass is 243 g/mol. The summed E-state index contributed by atoms with van der Waals surface area (Å²) in [5.41, 5.74) is 0. The van der Waals surface area contributed by atoms with Gasteiger partial charge in [-0.2, -0.15) is 13.2 Å². The number of hydrogen-bond donors (Lipinski definition) is 1. The number of halogens is 3. The molecule has 0 aliphatic rings. The Morgan fingerprint density at radius 3 is 2.38 bits per heavy atom. The molecule has 0 amide bonds. The van der Waals surface area contributed by atoms with Crippen molar-refractivity contribution in [2.24, 2.45) is 0 Å². The van der Waals surface area contributed by atoms with E-state index in [9.17, 15) is 13.2 Å². The molecule has 0 spiro atoms. The van der Waals surface area contributed by atoms with Crippen molar-refractivity contribution in [1.29, 1.82) is 0 Å². The summed E-state index contributed by atoms with van der Waals surface area (Å²) in [6.45, 7) is 3.08. The van der Waals surface area contributed by atoms with Crippen molar-refractivity contribution in [1.82, 2.24) is 4.90 Å². The molecule has 0 rings (SSSR count). The SMILES string of the molecule is CCCN(CCO)CCCOCC(F)(F)F. The number of ether oxygens (including phenoxy) is 1. The van der Waals surface area contributed by atoms with Gasteiger partial charge in [0.25, 0.3) is 0 Å². The fraction of sp³-hybridized carbons (Fsp3) is 1.00. The Morgan fingerprint density at radius 1 is 1.19 bits per heavy atom. The van der Waals surface area contributed by atoms with Gasteiger partial charge in [0.1, 0.15) is 6.61 Å². The first-order valence-electron chi connectivity index (χ1n) is 5.47. The van der Waals surface area contributed by atoms with Gasteiger partial charge in [0.2, 0.25) is 0 Å². The Balaban J connectivity index is 3.46. The van der Waals surface area contributed by atoms with Crippen LogP contribution in [0.5, 0.6) is 0 Å². The van der Waals surface area contributed by atoms with Crippen molar-refractivity contribution in [3.05, 3.63) is 0 Å². The van der Waals surface area contributed by atoms with Gasteiger partial charge >= 0.3 is 6.18 Å². The third-order valence-electron chi connectivity index (χ3n) is 1.98. The largest absolute Gasteiger partial charge is 0.411 e. The first-order chi connectivity index (χ1) is 7.49. The maximum Gasteiger partial charge on any atom is 0.411 e. The fourth-order valence-corrected chi connectivity index (χ4v) is 1.37. The number of nitrogens with zero attached hydrogens (tertiary/aromatic N) is 1. The van der Waals surface area contributed by atoms with Crippen molar-refractivity contribution in [2.45, 2.75) is 25.9 Å². The summed E-state index contributed by atoms with van der Waals surface area (Å²) < 4.78 is 39.6. The van der Waals surface area contributed by atoms with Crippen LogP contribution in [0.15, 0.2) is 0 Å². The van der Waals surface area contributed by atoms with Crippen LogP contribution in [0.4, 0.5) is 13.2 Å². The average Bonchev–Trinajstić information content (AvgIpc) is 2.16. The second kappa shape index (κ2) is 8.78. The van der Waals surface area contributed by atoms with E-state index >= 15 is 0 Å². The minimum Gasteiger partial charge on any atom is -0.395 e. The second-order valence-corrected chi connectivity index (χ2v) is 3.59. The van der Waals surface area contributed by atoms with Crippen molar-refractivity contribution >= 4 is 0 Å². The zero-order valence-electron chi connectivity index (χ0n) is 9.59. The van der Waals surface area contributed by atoms with Gasteiger partial charge in [0.05, 0.1) is 6.61 Å². The van der Waals surface area contributed by atoms with Gasteiger partial charge in [-0.25, -0.2) is 0 Å². The lowest BCUT2D eigenvalue weighted by Gasteiger charge is -2.20. The molecule has 98 valence electrons. The quantitative estimate of drug-likeness (QED) is 0.625. The van der Waals surface area contributed by atoms with Gasteiger partial charge in [0, 0.05) is 19.7 Å². The molecule has 0 saturated carbocycles. The van der Waals surface area contributed by atoms with Crippen LogP contribution in [0.2, 0.25) is 0 Å². The Kier molecular flexibility index (Phi) is 8.60. The third-order valence-corrected chi connectivity index (χ3v) is 1.98. The van der Waals surface area contributed by atoms with E-state index in [4.69, 9.17) is 5.11 Å². The molecule has 0 saturated heterocycles. The number of aliphatic hydroxyl groups excluding tert-OH is 1. The summed E-state index contributed by atoms with van der Waals surface area (Å²) in [6.07, 6.45) is -2.73. The Bertz CT molecular complexity index is 159. The molecule has 1 N–H and O–H groups in total. The topological polar surface area (TPSA) is 32.7 Å². The lowest BCUT2D eigenvalue weighted by atomic mass is 10.3. The summed E-state index contributed by atoms with van der Waals surface area (Å²) in [4.78, 5) is 2.01. The molecule has 6 heteroatoms. The number of rotatable bonds is 9. The standard InChI is InChI=1S/C10H20F3NO2/c1-2-4-14(6-7-15)5-3-8-16-9-10(11,12)13/h15H,2-9H2,1H3. The predicted octanol–water partition coefficient (Wildman–Crippen LogP) is 1.66. The molecule has 0 bridgehead atoms. The van der Waals surface area contributed by atoms with Crippen molar-refractivity contribution in [3.8, 4) is 0 Å². The molecule has 0 fully saturated rings. The van der Waals surface area contributed by atoms with Gasteiger partial charge in [0.15, 0.2) is 0 Å². The fourth-order valence-electron chi connectivity index (χ4n) is 1.37. The highest BCUT2D eigenvalue weighted by Crippen LogP contribution is 2.14. The van der Waals surface area contributed by atoms with E-state index in [2.05, 4.69) is 4.74 Å². The second-order valence-electron chi connectivity index (χ2n) is 3.59. The molecule has 16 heavy (non-hydrogen) atoms. The summed E-state index contributed by atoms with van der Waals surface area (Å²) >= 11 is 0. The van der Waals surface area contributed by atoms with Crippen LogP contribution in [0, 0.1) is 0 Å². The highest BCUT2D eigenvalue weighted by Gasteiger charge is 2.27. The molecular weight excluding hydrogens is 223 g/mol. The van der Waals surface area contributed by atoms with Crippen LogP contribution in [-0.2, 0) is 4.74 Å². The number of alkyl halides is 3. The highest BCUT2D eigenvalue weighted by atomic mass is 19.4. The van der Waals surface area contributed by atoms with Crippen molar-refractivity contribution in [2.75, 3.05) is 39.5 Å². The highest BCUT2D eigenvalue weighted by molar-refractivity contribution is 4.56. The number of hydrogen-bond acceptors (Lipinski definition) is 3. The molecule has 0 atom stereocenters. The molecule has 0 radical (unpaired) electrons. The zero-order valence-corrected chi connectivity index (χ0v) is 9.59. The van der Waals surface area contributed by atoms with E-state index in [1.807, 2.05) is 11.8 Å². The Morgan fingerprint density at radius 2 is 1.88 bits per heavy atom. The summed E-state index contributed by atoms with van der Waals surface area (Å²) in [5, 5.41) is 8.75. The maximum absolute atomic E-state index is 11.7. The van der Waals surface area contributed by atoms with Gasteiger partial charge in [-0.3, -0.25) is 0 Å². The predicted molar refractivity (Wildman–Crippen MR) is 55.3 cm³/mol. The zero-order chi connectivity index (χ0) is 12.4. The summed E-state index contributed by atoms with van der Waals surface area (Å²) in [7, 11) is 0. The first-order valence-corrected chi connectivity index (χ1v) is 5.47.